The highest BCUT2D eigenvalue weighted by molar-refractivity contribution is 5.91. The number of fused-ring (bicyclic) bond motifs is 3. The number of tetrazole rings is 1. The van der Waals surface area contributed by atoms with E-state index >= 15 is 0 Å². The van der Waals surface area contributed by atoms with Crippen LogP contribution in [-0.4, -0.2) is 49.4 Å². The molecule has 0 bridgehead atoms. The van der Waals surface area contributed by atoms with E-state index in [-0.39, 0.29) is 0 Å². The first-order valence-corrected chi connectivity index (χ1v) is 7.53. The molecule has 0 spiro atoms. The molecule has 0 aromatic carbocycles. The van der Waals surface area contributed by atoms with Gasteiger partial charge in [0.25, 0.3) is 0 Å². The summed E-state index contributed by atoms with van der Waals surface area (Å²) < 4.78 is 9.49. The van der Waals surface area contributed by atoms with Crippen molar-refractivity contribution in [3.05, 3.63) is 17.1 Å². The van der Waals surface area contributed by atoms with E-state index in [2.05, 4.69) is 33.9 Å². The highest BCUT2D eigenvalue weighted by atomic mass is 16.5. The topological polar surface area (TPSA) is 96.1 Å². The second kappa shape index (κ2) is 5.98. The van der Waals surface area contributed by atoms with Gasteiger partial charge in [0, 0.05) is 25.2 Å². The lowest BCUT2D eigenvalue weighted by atomic mass is 10.2. The molecule has 3 heterocycles. The van der Waals surface area contributed by atoms with Crippen LogP contribution in [-0.2, 0) is 17.7 Å². The van der Waals surface area contributed by atoms with Crippen molar-refractivity contribution in [3.63, 3.8) is 0 Å². The number of hydrogen-bond donors (Lipinski definition) is 1. The van der Waals surface area contributed by atoms with Crippen LogP contribution in [0.2, 0.25) is 0 Å². The smallest absolute Gasteiger partial charge is 0.207 e. The Balaban J connectivity index is 2.15. The summed E-state index contributed by atoms with van der Waals surface area (Å²) in [5, 5.41) is 12.0. The number of ether oxygens (including phenoxy) is 1. The molecule has 0 radical (unpaired) electrons. The van der Waals surface area contributed by atoms with Crippen LogP contribution in [0.15, 0.2) is 0 Å². The fraction of sp³-hybridized carbons (Fsp3) is 0.571. The van der Waals surface area contributed by atoms with E-state index in [1.807, 2.05) is 6.92 Å². The number of aromatic nitrogens is 6. The van der Waals surface area contributed by atoms with Gasteiger partial charge in [-0.05, 0) is 29.8 Å². The predicted octanol–water partition coefficient (Wildman–Crippen LogP) is 0.629. The SMILES string of the molecule is CCc1nc2c(c(C)c(C)n3nnnc23)n1CCOCCN. The number of aryl methyl sites for hydroxylation is 3. The van der Waals surface area contributed by atoms with E-state index in [1.54, 1.807) is 4.52 Å². The van der Waals surface area contributed by atoms with Crippen molar-refractivity contribution in [1.29, 1.82) is 0 Å². The van der Waals surface area contributed by atoms with Gasteiger partial charge < -0.3 is 15.0 Å². The maximum absolute atomic E-state index is 5.53. The molecule has 0 aliphatic rings. The molecule has 0 fully saturated rings. The summed E-state index contributed by atoms with van der Waals surface area (Å²) in [5.74, 6) is 1.02. The van der Waals surface area contributed by atoms with E-state index in [1.165, 1.54) is 0 Å². The third-order valence-corrected chi connectivity index (χ3v) is 3.98. The van der Waals surface area contributed by atoms with Crippen LogP contribution in [0.1, 0.15) is 24.0 Å². The van der Waals surface area contributed by atoms with Gasteiger partial charge in [-0.2, -0.15) is 4.52 Å². The van der Waals surface area contributed by atoms with Crippen molar-refractivity contribution in [1.82, 2.24) is 29.6 Å². The molecule has 8 nitrogen and oxygen atoms in total. The predicted molar refractivity (Wildman–Crippen MR) is 82.8 cm³/mol. The van der Waals surface area contributed by atoms with Crippen LogP contribution in [0.4, 0.5) is 0 Å². The average Bonchev–Trinajstić information content (AvgIpc) is 3.13. The standard InChI is InChI=1S/C14H21N7O/c1-4-11-16-12-13(20(11)6-8-22-7-5-15)9(2)10(3)21-14(12)17-18-19-21/h4-8,15H2,1-3H3. The third kappa shape index (κ3) is 2.24. The Kier molecular flexibility index (Phi) is 4.04. The molecule has 0 atom stereocenters. The van der Waals surface area contributed by atoms with Crippen LogP contribution in [0.25, 0.3) is 16.7 Å². The number of nitrogens with two attached hydrogens (primary N) is 1. The van der Waals surface area contributed by atoms with Gasteiger partial charge in [-0.25, -0.2) is 4.98 Å². The van der Waals surface area contributed by atoms with Crippen LogP contribution in [0, 0.1) is 13.8 Å². The zero-order chi connectivity index (χ0) is 15.7. The normalized spacial score (nSPS) is 11.8. The number of imidazole rings is 1. The molecule has 3 aromatic heterocycles. The van der Waals surface area contributed by atoms with E-state index in [0.29, 0.717) is 25.4 Å². The van der Waals surface area contributed by atoms with Gasteiger partial charge in [0.05, 0.1) is 18.7 Å². The first-order chi connectivity index (χ1) is 10.7. The fourth-order valence-corrected chi connectivity index (χ4v) is 2.78. The molecule has 3 rings (SSSR count). The summed E-state index contributed by atoms with van der Waals surface area (Å²) in [6, 6.07) is 0. The van der Waals surface area contributed by atoms with Crippen molar-refractivity contribution in [3.8, 4) is 0 Å². The average molecular weight is 303 g/mol. The second-order valence-electron chi connectivity index (χ2n) is 5.26. The van der Waals surface area contributed by atoms with Crippen LogP contribution in [0.3, 0.4) is 0 Å². The first kappa shape index (κ1) is 14.9. The van der Waals surface area contributed by atoms with Crippen molar-refractivity contribution >= 4 is 16.7 Å². The minimum atomic E-state index is 0.537. The molecule has 0 aliphatic carbocycles. The molecule has 0 unspecified atom stereocenters. The van der Waals surface area contributed by atoms with E-state index in [0.717, 1.165) is 41.1 Å². The van der Waals surface area contributed by atoms with Crippen molar-refractivity contribution in [2.45, 2.75) is 33.7 Å². The Morgan fingerprint density at radius 1 is 1.23 bits per heavy atom. The highest BCUT2D eigenvalue weighted by Gasteiger charge is 2.19. The van der Waals surface area contributed by atoms with Gasteiger partial charge in [-0.3, -0.25) is 0 Å². The molecule has 22 heavy (non-hydrogen) atoms. The summed E-state index contributed by atoms with van der Waals surface area (Å²) in [6.07, 6.45) is 0.845. The quantitative estimate of drug-likeness (QED) is 0.671. The molecule has 0 aliphatic heterocycles. The van der Waals surface area contributed by atoms with Crippen LogP contribution >= 0.6 is 0 Å². The maximum Gasteiger partial charge on any atom is 0.207 e. The van der Waals surface area contributed by atoms with Crippen LogP contribution in [0.5, 0.6) is 0 Å². The number of rotatable bonds is 6. The van der Waals surface area contributed by atoms with Crippen molar-refractivity contribution in [2.24, 2.45) is 5.73 Å². The number of hydrogen-bond acceptors (Lipinski definition) is 6. The molecule has 8 heteroatoms. The Morgan fingerprint density at radius 2 is 2.05 bits per heavy atom. The van der Waals surface area contributed by atoms with E-state index in [4.69, 9.17) is 15.5 Å². The lowest BCUT2D eigenvalue weighted by Crippen LogP contribution is -2.14. The molecule has 0 saturated carbocycles. The Labute approximate surface area is 128 Å². The van der Waals surface area contributed by atoms with Crippen molar-refractivity contribution < 1.29 is 4.74 Å². The Bertz CT molecular complexity index is 805. The summed E-state index contributed by atoms with van der Waals surface area (Å²) >= 11 is 0. The van der Waals surface area contributed by atoms with Crippen molar-refractivity contribution in [2.75, 3.05) is 19.8 Å². The zero-order valence-electron chi connectivity index (χ0n) is 13.2. The van der Waals surface area contributed by atoms with Gasteiger partial charge in [0.15, 0.2) is 0 Å². The Morgan fingerprint density at radius 3 is 2.77 bits per heavy atom. The third-order valence-electron chi connectivity index (χ3n) is 3.98. The number of pyridine rings is 1. The lowest BCUT2D eigenvalue weighted by molar-refractivity contribution is 0.133. The van der Waals surface area contributed by atoms with Gasteiger partial charge in [-0.1, -0.05) is 6.92 Å². The summed E-state index contributed by atoms with van der Waals surface area (Å²) in [5.41, 5.74) is 10.3. The summed E-state index contributed by atoms with van der Waals surface area (Å²) in [6.45, 7) is 8.67. The molecule has 0 saturated heterocycles. The lowest BCUT2D eigenvalue weighted by Gasteiger charge is -2.11. The second-order valence-corrected chi connectivity index (χ2v) is 5.26. The molecular formula is C14H21N7O. The molecule has 0 amide bonds. The van der Waals surface area contributed by atoms with Gasteiger partial charge >= 0.3 is 0 Å². The van der Waals surface area contributed by atoms with Gasteiger partial charge in [0.2, 0.25) is 5.65 Å². The monoisotopic (exact) mass is 303 g/mol. The summed E-state index contributed by atoms with van der Waals surface area (Å²) in [7, 11) is 0. The highest BCUT2D eigenvalue weighted by Crippen LogP contribution is 2.26. The van der Waals surface area contributed by atoms with E-state index in [9.17, 15) is 0 Å². The zero-order valence-corrected chi connectivity index (χ0v) is 13.2. The van der Waals surface area contributed by atoms with Crippen LogP contribution < -0.4 is 5.73 Å². The first-order valence-electron chi connectivity index (χ1n) is 7.53. The largest absolute Gasteiger partial charge is 0.378 e. The van der Waals surface area contributed by atoms with Gasteiger partial charge in [-0.15, -0.1) is 5.10 Å². The molecular weight excluding hydrogens is 282 g/mol. The fourth-order valence-electron chi connectivity index (χ4n) is 2.78. The number of nitrogens with zero attached hydrogens (tertiary/aromatic N) is 6. The van der Waals surface area contributed by atoms with E-state index < -0.39 is 0 Å². The molecule has 3 aromatic rings. The Hall–Kier alpha value is -2.06. The minimum absolute atomic E-state index is 0.537. The molecule has 118 valence electrons. The minimum Gasteiger partial charge on any atom is -0.378 e. The summed E-state index contributed by atoms with van der Waals surface area (Å²) in [4.78, 5) is 4.75. The molecule has 2 N–H and O–H groups in total. The maximum atomic E-state index is 5.53. The van der Waals surface area contributed by atoms with Gasteiger partial charge in [0.1, 0.15) is 11.3 Å².